The van der Waals surface area contributed by atoms with Gasteiger partial charge in [0.05, 0.1) is 18.6 Å². The van der Waals surface area contributed by atoms with Crippen molar-refractivity contribution < 1.29 is 17.9 Å². The zero-order chi connectivity index (χ0) is 21.8. The minimum Gasteiger partial charge on any atom is -0.496 e. The minimum atomic E-state index is -3.80. The van der Waals surface area contributed by atoms with E-state index in [2.05, 4.69) is 21.2 Å². The normalized spacial score (nSPS) is 11.6. The number of benzene rings is 2. The summed E-state index contributed by atoms with van der Waals surface area (Å²) in [6, 6.07) is 8.57. The van der Waals surface area contributed by atoms with Crippen molar-refractivity contribution in [2.45, 2.75) is 38.5 Å². The summed E-state index contributed by atoms with van der Waals surface area (Å²) in [4.78, 5) is 12.8. The van der Waals surface area contributed by atoms with Crippen LogP contribution in [0.1, 0.15) is 30.5 Å². The number of amides is 1. The number of methoxy groups -OCH3 is 1. The van der Waals surface area contributed by atoms with Gasteiger partial charge < -0.3 is 10.1 Å². The topological polar surface area (TPSA) is 75.7 Å². The summed E-state index contributed by atoms with van der Waals surface area (Å²) in [6.45, 7) is 5.52. The van der Waals surface area contributed by atoms with Crippen LogP contribution in [0.5, 0.6) is 5.75 Å². The van der Waals surface area contributed by atoms with Crippen molar-refractivity contribution in [3.05, 3.63) is 51.5 Å². The Hall–Kier alpha value is -1.90. The molecule has 8 heteroatoms. The van der Waals surface area contributed by atoms with Crippen molar-refractivity contribution >= 4 is 37.5 Å². The van der Waals surface area contributed by atoms with E-state index < -0.39 is 10.0 Å². The molecule has 2 aromatic rings. The SMILES string of the molecule is CCc1cc(Br)cc(CC)c1NC(=O)CN(C)S(=O)(=O)c1ccc(OC)c(C)c1. The second kappa shape index (κ2) is 9.73. The first kappa shape index (κ1) is 23.4. The molecule has 6 nitrogen and oxygen atoms in total. The van der Waals surface area contributed by atoms with E-state index in [-0.39, 0.29) is 17.3 Å². The zero-order valence-corrected chi connectivity index (χ0v) is 19.8. The van der Waals surface area contributed by atoms with Gasteiger partial charge in [0, 0.05) is 17.2 Å². The summed E-state index contributed by atoms with van der Waals surface area (Å²) < 4.78 is 32.9. The van der Waals surface area contributed by atoms with E-state index in [0.29, 0.717) is 11.3 Å². The third-order valence-electron chi connectivity index (χ3n) is 4.73. The minimum absolute atomic E-state index is 0.123. The monoisotopic (exact) mass is 482 g/mol. The van der Waals surface area contributed by atoms with Crippen LogP contribution < -0.4 is 10.1 Å². The summed E-state index contributed by atoms with van der Waals surface area (Å²) >= 11 is 3.49. The lowest BCUT2D eigenvalue weighted by molar-refractivity contribution is -0.116. The van der Waals surface area contributed by atoms with Gasteiger partial charge in [-0.05, 0) is 66.8 Å². The van der Waals surface area contributed by atoms with Crippen LogP contribution in [0.4, 0.5) is 5.69 Å². The molecule has 0 saturated heterocycles. The molecule has 2 aromatic carbocycles. The lowest BCUT2D eigenvalue weighted by Crippen LogP contribution is -2.35. The molecule has 158 valence electrons. The standard InChI is InChI=1S/C21H27BrN2O4S/c1-6-15-11-17(22)12-16(7-2)21(15)23-20(25)13-24(4)29(26,27)18-8-9-19(28-5)14(3)10-18/h8-12H,6-7,13H2,1-5H3,(H,23,25). The van der Waals surface area contributed by atoms with Crippen molar-refractivity contribution in [2.24, 2.45) is 0 Å². The van der Waals surface area contributed by atoms with Crippen LogP contribution in [0.3, 0.4) is 0 Å². The molecule has 0 aliphatic carbocycles. The lowest BCUT2D eigenvalue weighted by atomic mass is 10.0. The molecular weight excluding hydrogens is 456 g/mol. The van der Waals surface area contributed by atoms with E-state index in [4.69, 9.17) is 4.74 Å². The first-order chi connectivity index (χ1) is 13.6. The number of sulfonamides is 1. The molecule has 0 heterocycles. The van der Waals surface area contributed by atoms with Gasteiger partial charge in [-0.1, -0.05) is 29.8 Å². The third-order valence-corrected chi connectivity index (χ3v) is 6.99. The molecule has 0 fully saturated rings. The first-order valence-electron chi connectivity index (χ1n) is 9.36. The molecule has 0 aliphatic rings. The van der Waals surface area contributed by atoms with Crippen LogP contribution in [0.25, 0.3) is 0 Å². The van der Waals surface area contributed by atoms with Crippen LogP contribution in [-0.4, -0.2) is 39.3 Å². The average molecular weight is 483 g/mol. The van der Waals surface area contributed by atoms with E-state index in [9.17, 15) is 13.2 Å². The first-order valence-corrected chi connectivity index (χ1v) is 11.6. The second-order valence-corrected chi connectivity index (χ2v) is 9.71. The van der Waals surface area contributed by atoms with Gasteiger partial charge in [-0.3, -0.25) is 4.79 Å². The zero-order valence-electron chi connectivity index (χ0n) is 17.4. The number of halogens is 1. The summed E-state index contributed by atoms with van der Waals surface area (Å²) in [6.07, 6.45) is 1.50. The number of hydrogen-bond acceptors (Lipinski definition) is 4. The Balaban J connectivity index is 2.22. The average Bonchev–Trinajstić information content (AvgIpc) is 2.68. The van der Waals surface area contributed by atoms with Crippen molar-refractivity contribution in [1.82, 2.24) is 4.31 Å². The number of carbonyl (C=O) groups excluding carboxylic acids is 1. The summed E-state index contributed by atoms with van der Waals surface area (Å²) in [7, 11) is -0.870. The van der Waals surface area contributed by atoms with Crippen LogP contribution in [0.15, 0.2) is 39.7 Å². The molecular formula is C21H27BrN2O4S. The lowest BCUT2D eigenvalue weighted by Gasteiger charge is -2.20. The Morgan fingerprint density at radius 1 is 1.14 bits per heavy atom. The number of ether oxygens (including phenoxy) is 1. The molecule has 0 saturated carbocycles. The molecule has 29 heavy (non-hydrogen) atoms. The highest BCUT2D eigenvalue weighted by atomic mass is 79.9. The quantitative estimate of drug-likeness (QED) is 0.612. The highest BCUT2D eigenvalue weighted by molar-refractivity contribution is 9.10. The molecule has 0 radical (unpaired) electrons. The fourth-order valence-corrected chi connectivity index (χ4v) is 4.87. The van der Waals surface area contributed by atoms with Crippen LogP contribution >= 0.6 is 15.9 Å². The highest BCUT2D eigenvalue weighted by Crippen LogP contribution is 2.28. The molecule has 0 atom stereocenters. The van der Waals surface area contributed by atoms with Crippen molar-refractivity contribution in [2.75, 3.05) is 26.0 Å². The van der Waals surface area contributed by atoms with E-state index in [1.165, 1.54) is 20.2 Å². The van der Waals surface area contributed by atoms with Gasteiger partial charge in [0.25, 0.3) is 0 Å². The maximum absolute atomic E-state index is 12.9. The maximum atomic E-state index is 12.9. The number of aryl methyl sites for hydroxylation is 3. The Morgan fingerprint density at radius 2 is 1.72 bits per heavy atom. The smallest absolute Gasteiger partial charge is 0.243 e. The molecule has 2 rings (SSSR count). The summed E-state index contributed by atoms with van der Waals surface area (Å²) in [5.74, 6) is 0.229. The predicted octanol–water partition coefficient (Wildman–Crippen LogP) is 4.15. The Bertz CT molecular complexity index is 981. The predicted molar refractivity (Wildman–Crippen MR) is 119 cm³/mol. The number of hydrogen-bond donors (Lipinski definition) is 1. The Morgan fingerprint density at radius 3 is 2.21 bits per heavy atom. The molecule has 0 unspecified atom stereocenters. The molecule has 1 N–H and O–H groups in total. The summed E-state index contributed by atoms with van der Waals surface area (Å²) in [5.41, 5.74) is 3.47. The summed E-state index contributed by atoms with van der Waals surface area (Å²) in [5, 5.41) is 2.91. The molecule has 0 aliphatic heterocycles. The number of carbonyl (C=O) groups is 1. The van der Waals surface area contributed by atoms with Crippen molar-refractivity contribution in [3.8, 4) is 5.75 Å². The Labute approximate surface area is 181 Å². The fraction of sp³-hybridized carbons (Fsp3) is 0.381. The van der Waals surface area contributed by atoms with Gasteiger partial charge in [-0.25, -0.2) is 8.42 Å². The van der Waals surface area contributed by atoms with Gasteiger partial charge in [0.1, 0.15) is 5.75 Å². The molecule has 0 bridgehead atoms. The van der Waals surface area contributed by atoms with Gasteiger partial charge in [0.2, 0.25) is 15.9 Å². The fourth-order valence-electron chi connectivity index (χ4n) is 3.10. The van der Waals surface area contributed by atoms with Crippen LogP contribution in [-0.2, 0) is 27.7 Å². The Kier molecular flexibility index (Phi) is 7.85. The number of nitrogens with one attached hydrogen (secondary N) is 1. The van der Waals surface area contributed by atoms with E-state index in [1.807, 2.05) is 26.0 Å². The van der Waals surface area contributed by atoms with Gasteiger partial charge >= 0.3 is 0 Å². The van der Waals surface area contributed by atoms with E-state index in [1.54, 1.807) is 19.1 Å². The van der Waals surface area contributed by atoms with Crippen molar-refractivity contribution in [1.29, 1.82) is 0 Å². The molecule has 0 aromatic heterocycles. The largest absolute Gasteiger partial charge is 0.496 e. The van der Waals surface area contributed by atoms with Crippen LogP contribution in [0, 0.1) is 6.92 Å². The van der Waals surface area contributed by atoms with E-state index >= 15 is 0 Å². The third kappa shape index (κ3) is 5.38. The number of rotatable bonds is 8. The van der Waals surface area contributed by atoms with Gasteiger partial charge in [0.15, 0.2) is 0 Å². The maximum Gasteiger partial charge on any atom is 0.243 e. The number of anilines is 1. The molecule has 0 spiro atoms. The van der Waals surface area contributed by atoms with Gasteiger partial charge in [-0.2, -0.15) is 4.31 Å². The molecule has 1 amide bonds. The highest BCUT2D eigenvalue weighted by Gasteiger charge is 2.24. The second-order valence-electron chi connectivity index (χ2n) is 6.75. The van der Waals surface area contributed by atoms with Gasteiger partial charge in [-0.15, -0.1) is 0 Å². The number of nitrogens with zero attached hydrogens (tertiary/aromatic N) is 1. The number of likely N-dealkylation sites (N-methyl/N-ethyl adjacent to an activating group) is 1. The van der Waals surface area contributed by atoms with Crippen LogP contribution in [0.2, 0.25) is 0 Å². The van der Waals surface area contributed by atoms with Crippen molar-refractivity contribution in [3.63, 3.8) is 0 Å². The van der Waals surface area contributed by atoms with E-state index in [0.717, 1.165) is 38.4 Å².